The average molecular weight is 456 g/mol. The lowest BCUT2D eigenvalue weighted by Crippen LogP contribution is -2.36. The second-order valence-electron chi connectivity index (χ2n) is 6.91. The van der Waals surface area contributed by atoms with Crippen molar-refractivity contribution in [3.8, 4) is 0 Å². The van der Waals surface area contributed by atoms with Crippen LogP contribution in [0.25, 0.3) is 0 Å². The summed E-state index contributed by atoms with van der Waals surface area (Å²) in [5, 5.41) is 2.71. The standard InChI is InChI=1S/C20H19F3N2O5S/c21-20(22,23)14-7-4-8-16(11-14)31(28,29)24-12-17(26)30-18(13-5-2-1-3-6-13)19(27)25-15-9-10-15/h1-8,11,15,18,24H,9-10,12H2,(H,25,27). The van der Waals surface area contributed by atoms with Crippen molar-refractivity contribution in [2.75, 3.05) is 6.54 Å². The van der Waals surface area contributed by atoms with Crippen LogP contribution in [0.3, 0.4) is 0 Å². The van der Waals surface area contributed by atoms with Gasteiger partial charge in [0, 0.05) is 11.6 Å². The molecule has 1 fully saturated rings. The number of amides is 1. The summed E-state index contributed by atoms with van der Waals surface area (Å²) in [6.07, 6.45) is -4.37. The third kappa shape index (κ3) is 6.28. The first-order valence-corrected chi connectivity index (χ1v) is 10.8. The molecular formula is C20H19F3N2O5S. The summed E-state index contributed by atoms with van der Waals surface area (Å²) in [6.45, 7) is -0.862. The quantitative estimate of drug-likeness (QED) is 0.595. The lowest BCUT2D eigenvalue weighted by molar-refractivity contribution is -0.155. The molecule has 1 unspecified atom stereocenters. The first kappa shape index (κ1) is 22.8. The Kier molecular flexibility index (Phi) is 6.65. The van der Waals surface area contributed by atoms with Crippen LogP contribution < -0.4 is 10.0 Å². The van der Waals surface area contributed by atoms with E-state index in [0.29, 0.717) is 11.6 Å². The molecule has 0 spiro atoms. The van der Waals surface area contributed by atoms with E-state index in [1.54, 1.807) is 30.3 Å². The van der Waals surface area contributed by atoms with Crippen molar-refractivity contribution in [1.82, 2.24) is 10.0 Å². The van der Waals surface area contributed by atoms with Crippen LogP contribution >= 0.6 is 0 Å². The van der Waals surface area contributed by atoms with Crippen LogP contribution in [0.1, 0.15) is 30.1 Å². The number of hydrogen-bond acceptors (Lipinski definition) is 5. The van der Waals surface area contributed by atoms with E-state index < -0.39 is 51.2 Å². The Hall–Kier alpha value is -2.92. The van der Waals surface area contributed by atoms with Gasteiger partial charge in [0.15, 0.2) is 0 Å². The highest BCUT2D eigenvalue weighted by atomic mass is 32.2. The summed E-state index contributed by atoms with van der Waals surface area (Å²) >= 11 is 0. The number of benzene rings is 2. The molecular weight excluding hydrogens is 437 g/mol. The number of carbonyl (C=O) groups excluding carboxylic acids is 2. The van der Waals surface area contributed by atoms with Crippen molar-refractivity contribution < 1.29 is 35.9 Å². The number of esters is 1. The molecule has 0 bridgehead atoms. The van der Waals surface area contributed by atoms with Crippen LogP contribution in [0.2, 0.25) is 0 Å². The minimum Gasteiger partial charge on any atom is -0.446 e. The summed E-state index contributed by atoms with van der Waals surface area (Å²) in [4.78, 5) is 24.0. The Labute approximate surface area is 176 Å². The molecule has 11 heteroatoms. The van der Waals surface area contributed by atoms with Gasteiger partial charge < -0.3 is 10.1 Å². The van der Waals surface area contributed by atoms with Crippen molar-refractivity contribution in [3.63, 3.8) is 0 Å². The van der Waals surface area contributed by atoms with Crippen molar-refractivity contribution in [1.29, 1.82) is 0 Å². The van der Waals surface area contributed by atoms with Gasteiger partial charge in [0.1, 0.15) is 6.54 Å². The Bertz CT molecular complexity index is 1050. The molecule has 1 aliphatic carbocycles. The lowest BCUT2D eigenvalue weighted by atomic mass is 10.1. The minimum absolute atomic E-state index is 0.0110. The number of halogens is 3. The van der Waals surface area contributed by atoms with Crippen LogP contribution in [0, 0.1) is 0 Å². The smallest absolute Gasteiger partial charge is 0.416 e. The number of carbonyl (C=O) groups is 2. The van der Waals surface area contributed by atoms with Crippen molar-refractivity contribution in [2.24, 2.45) is 0 Å². The van der Waals surface area contributed by atoms with E-state index >= 15 is 0 Å². The summed E-state index contributed by atoms with van der Waals surface area (Å²) in [5.41, 5.74) is -0.742. The van der Waals surface area contributed by atoms with Crippen LogP contribution in [0.5, 0.6) is 0 Å². The topological polar surface area (TPSA) is 102 Å². The number of sulfonamides is 1. The second-order valence-corrected chi connectivity index (χ2v) is 8.68. The number of nitrogens with one attached hydrogen (secondary N) is 2. The predicted octanol–water partition coefficient (Wildman–Crippen LogP) is 2.55. The van der Waals surface area contributed by atoms with Gasteiger partial charge in [0.2, 0.25) is 16.1 Å². The monoisotopic (exact) mass is 456 g/mol. The van der Waals surface area contributed by atoms with Crippen molar-refractivity contribution >= 4 is 21.9 Å². The zero-order chi connectivity index (χ0) is 22.6. The molecule has 166 valence electrons. The molecule has 1 atom stereocenters. The largest absolute Gasteiger partial charge is 0.446 e. The van der Waals surface area contributed by atoms with E-state index in [9.17, 15) is 31.2 Å². The number of ether oxygens (including phenoxy) is 1. The molecule has 1 saturated carbocycles. The van der Waals surface area contributed by atoms with Gasteiger partial charge in [0.05, 0.1) is 10.5 Å². The molecule has 2 N–H and O–H groups in total. The fourth-order valence-corrected chi connectivity index (χ4v) is 3.67. The first-order valence-electron chi connectivity index (χ1n) is 9.28. The maximum Gasteiger partial charge on any atom is 0.416 e. The molecule has 7 nitrogen and oxygen atoms in total. The minimum atomic E-state index is -4.72. The van der Waals surface area contributed by atoms with E-state index in [1.807, 2.05) is 4.72 Å². The highest BCUT2D eigenvalue weighted by Crippen LogP contribution is 2.30. The highest BCUT2D eigenvalue weighted by molar-refractivity contribution is 7.89. The van der Waals surface area contributed by atoms with Gasteiger partial charge >= 0.3 is 12.1 Å². The molecule has 0 heterocycles. The molecule has 0 saturated heterocycles. The zero-order valence-electron chi connectivity index (χ0n) is 16.1. The van der Waals surface area contributed by atoms with E-state index in [2.05, 4.69) is 5.32 Å². The van der Waals surface area contributed by atoms with Gasteiger partial charge in [-0.05, 0) is 31.0 Å². The average Bonchev–Trinajstić information content (AvgIpc) is 3.54. The number of alkyl halides is 3. The Morgan fingerprint density at radius 1 is 1.06 bits per heavy atom. The van der Waals surface area contributed by atoms with Crippen LogP contribution in [-0.2, 0) is 30.5 Å². The van der Waals surface area contributed by atoms with Crippen molar-refractivity contribution in [2.45, 2.75) is 36.1 Å². The molecule has 31 heavy (non-hydrogen) atoms. The molecule has 0 aliphatic heterocycles. The fourth-order valence-electron chi connectivity index (χ4n) is 2.66. The highest BCUT2D eigenvalue weighted by Gasteiger charge is 2.33. The van der Waals surface area contributed by atoms with E-state index in [-0.39, 0.29) is 6.04 Å². The zero-order valence-corrected chi connectivity index (χ0v) is 16.9. The lowest BCUT2D eigenvalue weighted by Gasteiger charge is -2.18. The Balaban J connectivity index is 1.67. The first-order chi connectivity index (χ1) is 14.6. The molecule has 3 rings (SSSR count). The summed E-state index contributed by atoms with van der Waals surface area (Å²) in [7, 11) is -4.42. The number of hydrogen-bond donors (Lipinski definition) is 2. The van der Waals surface area contributed by atoms with E-state index in [0.717, 1.165) is 31.0 Å². The SMILES string of the molecule is O=C(CNS(=O)(=O)c1cccc(C(F)(F)F)c1)OC(C(=O)NC1CC1)c1ccccc1. The van der Waals surface area contributed by atoms with Gasteiger partial charge in [-0.1, -0.05) is 36.4 Å². The van der Waals surface area contributed by atoms with Crippen LogP contribution in [0.4, 0.5) is 13.2 Å². The number of rotatable bonds is 8. The van der Waals surface area contributed by atoms with Gasteiger partial charge in [-0.15, -0.1) is 0 Å². The van der Waals surface area contributed by atoms with Crippen LogP contribution in [0.15, 0.2) is 59.5 Å². The van der Waals surface area contributed by atoms with E-state index in [1.165, 1.54) is 0 Å². The normalized spacial score (nSPS) is 15.2. The third-order valence-electron chi connectivity index (χ3n) is 4.39. The Morgan fingerprint density at radius 3 is 2.35 bits per heavy atom. The van der Waals surface area contributed by atoms with Crippen molar-refractivity contribution in [3.05, 3.63) is 65.7 Å². The van der Waals surface area contributed by atoms with Crippen LogP contribution in [-0.4, -0.2) is 32.9 Å². The Morgan fingerprint density at radius 2 is 1.74 bits per heavy atom. The predicted molar refractivity (Wildman–Crippen MR) is 103 cm³/mol. The fraction of sp³-hybridized carbons (Fsp3) is 0.300. The third-order valence-corrected chi connectivity index (χ3v) is 5.79. The molecule has 0 radical (unpaired) electrons. The summed E-state index contributed by atoms with van der Waals surface area (Å²) in [6, 6.07) is 11.3. The molecule has 2 aromatic carbocycles. The van der Waals surface area contributed by atoms with E-state index in [4.69, 9.17) is 4.74 Å². The maximum absolute atomic E-state index is 12.8. The van der Waals surface area contributed by atoms with Gasteiger partial charge in [-0.3, -0.25) is 9.59 Å². The summed E-state index contributed by atoms with van der Waals surface area (Å²) in [5.74, 6) is -1.60. The molecule has 0 aromatic heterocycles. The van der Waals surface area contributed by atoms with Gasteiger partial charge in [0.25, 0.3) is 5.91 Å². The molecule has 1 amide bonds. The maximum atomic E-state index is 12.8. The molecule has 2 aromatic rings. The van der Waals surface area contributed by atoms with Gasteiger partial charge in [-0.2, -0.15) is 17.9 Å². The van der Waals surface area contributed by atoms with Gasteiger partial charge in [-0.25, -0.2) is 8.42 Å². The summed E-state index contributed by atoms with van der Waals surface area (Å²) < 4.78 is 70.1. The molecule has 1 aliphatic rings. The second kappa shape index (κ2) is 9.06.